The van der Waals surface area contributed by atoms with Gasteiger partial charge in [-0.25, -0.2) is 18.4 Å². The first-order chi connectivity index (χ1) is 24.3. The normalized spacial score (nSPS) is 14.8. The average Bonchev–Trinajstić information content (AvgIpc) is 3.70. The van der Waals surface area contributed by atoms with Gasteiger partial charge >= 0.3 is 12.6 Å². The zero-order chi connectivity index (χ0) is 36.4. The molecule has 0 unspecified atom stereocenters. The fourth-order valence-electron chi connectivity index (χ4n) is 5.36. The number of sulfonamides is 1. The Hall–Kier alpha value is -4.38. The molecule has 0 saturated heterocycles. The van der Waals surface area contributed by atoms with Crippen molar-refractivity contribution in [2.24, 2.45) is 5.92 Å². The molecular formula is C33H29Cl2F2N4O8S2+. The van der Waals surface area contributed by atoms with E-state index in [1.165, 1.54) is 66.3 Å². The molecule has 0 radical (unpaired) electrons. The molecule has 0 spiro atoms. The SMILES string of the molecule is CS(=O)(=O)N(Cc1nccs1)c1ccc2c(c1)C(=O)N(CC(=O)O[C@@H](Cc1c(Cl)c[nH+]cc1Cl)c1ccc(OC(F)F)c(OCC3CC3)c1)C2=O. The first-order valence-corrected chi connectivity index (χ1v) is 18.9. The van der Waals surface area contributed by atoms with Gasteiger partial charge in [-0.15, -0.1) is 11.3 Å². The monoisotopic (exact) mass is 781 g/mol. The van der Waals surface area contributed by atoms with E-state index in [0.29, 0.717) is 21.0 Å². The van der Waals surface area contributed by atoms with E-state index in [9.17, 15) is 31.6 Å². The summed E-state index contributed by atoms with van der Waals surface area (Å²) in [5, 5.41) is 2.65. The molecule has 3 heterocycles. The van der Waals surface area contributed by atoms with Gasteiger partial charge in [0.15, 0.2) is 23.9 Å². The number of esters is 1. The van der Waals surface area contributed by atoms with Crippen LogP contribution in [0.2, 0.25) is 10.0 Å². The van der Waals surface area contributed by atoms with Crippen molar-refractivity contribution in [2.75, 3.05) is 23.7 Å². The Bertz CT molecular complexity index is 2060. The summed E-state index contributed by atoms with van der Waals surface area (Å²) < 4.78 is 69.1. The van der Waals surface area contributed by atoms with E-state index in [1.54, 1.807) is 5.38 Å². The second-order valence-electron chi connectivity index (χ2n) is 11.8. The molecule has 1 N–H and O–H groups in total. The number of thiazole rings is 1. The van der Waals surface area contributed by atoms with Gasteiger partial charge in [-0.2, -0.15) is 8.78 Å². The van der Waals surface area contributed by atoms with Crippen LogP contribution in [0.4, 0.5) is 14.5 Å². The van der Waals surface area contributed by atoms with E-state index in [-0.39, 0.29) is 63.8 Å². The van der Waals surface area contributed by atoms with Crippen molar-refractivity contribution in [3.8, 4) is 11.5 Å². The Morgan fingerprint density at radius 2 is 1.80 bits per heavy atom. The summed E-state index contributed by atoms with van der Waals surface area (Å²) in [4.78, 5) is 48.0. The number of nitrogens with one attached hydrogen (secondary N) is 1. The summed E-state index contributed by atoms with van der Waals surface area (Å²) >= 11 is 14.1. The van der Waals surface area contributed by atoms with Crippen LogP contribution in [0.3, 0.4) is 0 Å². The number of amides is 2. The number of aromatic nitrogens is 2. The summed E-state index contributed by atoms with van der Waals surface area (Å²) in [6, 6.07) is 8.09. The third kappa shape index (κ3) is 8.57. The Labute approximate surface area is 304 Å². The van der Waals surface area contributed by atoms with Crippen LogP contribution in [0, 0.1) is 5.92 Å². The number of carbonyl (C=O) groups excluding carboxylic acids is 3. The molecule has 2 amide bonds. The second kappa shape index (κ2) is 15.1. The van der Waals surface area contributed by atoms with Gasteiger partial charge in [0.25, 0.3) is 11.8 Å². The van der Waals surface area contributed by atoms with Crippen molar-refractivity contribution < 1.29 is 50.8 Å². The molecule has 1 aliphatic carbocycles. The smallest absolute Gasteiger partial charge is 0.387 e. The van der Waals surface area contributed by atoms with Crippen LogP contribution in [-0.2, 0) is 32.5 Å². The Balaban J connectivity index is 1.25. The summed E-state index contributed by atoms with van der Waals surface area (Å²) in [7, 11) is -3.82. The van der Waals surface area contributed by atoms with Gasteiger partial charge < -0.3 is 14.2 Å². The van der Waals surface area contributed by atoms with Gasteiger partial charge in [0.05, 0.1) is 36.2 Å². The number of fused-ring (bicyclic) bond motifs is 1. The second-order valence-corrected chi connectivity index (χ2v) is 15.5. The Kier molecular flexibility index (Phi) is 10.8. The molecule has 4 aromatic rings. The van der Waals surface area contributed by atoms with Gasteiger partial charge in [0.1, 0.15) is 27.7 Å². The largest absolute Gasteiger partial charge is 0.489 e. The van der Waals surface area contributed by atoms with Crippen molar-refractivity contribution in [2.45, 2.75) is 38.5 Å². The first-order valence-electron chi connectivity index (χ1n) is 15.4. The van der Waals surface area contributed by atoms with Crippen LogP contribution in [-0.4, -0.2) is 62.1 Å². The number of hydrogen-bond acceptors (Lipinski definition) is 10. The van der Waals surface area contributed by atoms with Crippen molar-refractivity contribution in [3.63, 3.8) is 0 Å². The van der Waals surface area contributed by atoms with Crippen LogP contribution in [0.1, 0.15) is 55.8 Å². The fourth-order valence-corrected chi connectivity index (χ4v) is 7.44. The average molecular weight is 783 g/mol. The lowest BCUT2D eigenvalue weighted by atomic mass is 10.0. The van der Waals surface area contributed by atoms with E-state index >= 15 is 0 Å². The van der Waals surface area contributed by atoms with E-state index < -0.39 is 47.1 Å². The fraction of sp³-hybridized carbons (Fsp3) is 0.303. The molecule has 12 nitrogen and oxygen atoms in total. The number of carbonyl (C=O) groups is 3. The van der Waals surface area contributed by atoms with E-state index in [0.717, 1.165) is 23.4 Å². The number of pyridine rings is 1. The highest BCUT2D eigenvalue weighted by Gasteiger charge is 2.39. The maximum absolute atomic E-state index is 13.5. The van der Waals surface area contributed by atoms with Gasteiger partial charge in [-0.1, -0.05) is 29.3 Å². The molecule has 51 heavy (non-hydrogen) atoms. The Morgan fingerprint density at radius 1 is 1.08 bits per heavy atom. The van der Waals surface area contributed by atoms with Gasteiger partial charge in [0, 0.05) is 23.6 Å². The number of benzene rings is 2. The number of imide groups is 1. The third-order valence-corrected chi connectivity index (χ3v) is 10.7. The molecule has 18 heteroatoms. The van der Waals surface area contributed by atoms with E-state index in [1.807, 2.05) is 0 Å². The van der Waals surface area contributed by atoms with E-state index in [2.05, 4.69) is 14.7 Å². The van der Waals surface area contributed by atoms with Crippen LogP contribution in [0.5, 0.6) is 11.5 Å². The number of aromatic amines is 1. The number of hydrogen-bond donors (Lipinski definition) is 0. The van der Waals surface area contributed by atoms with Crippen LogP contribution >= 0.6 is 34.5 Å². The van der Waals surface area contributed by atoms with Crippen molar-refractivity contribution in [1.82, 2.24) is 9.88 Å². The minimum atomic E-state index is -3.82. The van der Waals surface area contributed by atoms with Crippen molar-refractivity contribution >= 4 is 68.0 Å². The lowest BCUT2D eigenvalue weighted by Gasteiger charge is -2.22. The van der Waals surface area contributed by atoms with Gasteiger partial charge in [0.2, 0.25) is 10.0 Å². The molecule has 0 bridgehead atoms. The number of rotatable bonds is 15. The standard InChI is InChI=1S/C33H28Cl2F2N4O8S2/c1-51(45,46)41(15-29-39-8-9-50-29)20-5-6-21-22(11-20)32(44)40(31(21)43)16-30(42)48-27(12-23-24(34)13-38-14-25(23)35)19-4-7-26(49-33(36)37)28(10-19)47-17-18-2-3-18/h4-11,13-14,18,27,33H,2-3,12,15-17H2,1H3/p+1/t27-/m0/s1. The minimum absolute atomic E-state index is 0.00786. The minimum Gasteiger partial charge on any atom is -0.489 e. The number of H-pyrrole nitrogens is 1. The predicted octanol–water partition coefficient (Wildman–Crippen LogP) is 5.74. The van der Waals surface area contributed by atoms with Crippen LogP contribution < -0.4 is 18.8 Å². The first kappa shape index (κ1) is 36.4. The summed E-state index contributed by atoms with van der Waals surface area (Å²) in [5.41, 5.74) is 0.709. The highest BCUT2D eigenvalue weighted by molar-refractivity contribution is 7.92. The molecule has 2 aromatic carbocycles. The zero-order valence-electron chi connectivity index (χ0n) is 26.7. The quantitative estimate of drug-likeness (QED) is 0.109. The van der Waals surface area contributed by atoms with Crippen LogP contribution in [0.15, 0.2) is 60.4 Å². The lowest BCUT2D eigenvalue weighted by Crippen LogP contribution is -2.36. The topological polar surface area (TPSA) is 147 Å². The molecule has 1 saturated carbocycles. The van der Waals surface area contributed by atoms with Gasteiger partial charge in [-0.3, -0.25) is 23.6 Å². The lowest BCUT2D eigenvalue weighted by molar-refractivity contribution is -0.377. The molecule has 6 rings (SSSR count). The number of nitrogens with zero attached hydrogens (tertiary/aromatic N) is 3. The zero-order valence-corrected chi connectivity index (χ0v) is 29.8. The van der Waals surface area contributed by atoms with Crippen molar-refractivity contribution in [1.29, 1.82) is 0 Å². The molecular weight excluding hydrogens is 753 g/mol. The highest BCUT2D eigenvalue weighted by atomic mass is 35.5. The molecule has 1 atom stereocenters. The van der Waals surface area contributed by atoms with Crippen molar-refractivity contribution in [3.05, 3.63) is 97.7 Å². The number of halogens is 4. The number of ether oxygens (including phenoxy) is 3. The number of anilines is 1. The van der Waals surface area contributed by atoms with Gasteiger partial charge in [-0.05, 0) is 54.7 Å². The molecule has 2 aliphatic rings. The van der Waals surface area contributed by atoms with E-state index in [4.69, 9.17) is 32.7 Å². The summed E-state index contributed by atoms with van der Waals surface area (Å²) in [6.07, 6.45) is 6.14. The predicted molar refractivity (Wildman–Crippen MR) is 182 cm³/mol. The molecule has 2 aromatic heterocycles. The number of alkyl halides is 2. The summed E-state index contributed by atoms with van der Waals surface area (Å²) in [5.74, 6) is -2.52. The highest BCUT2D eigenvalue weighted by Crippen LogP contribution is 2.38. The third-order valence-electron chi connectivity index (χ3n) is 8.08. The summed E-state index contributed by atoms with van der Waals surface area (Å²) in [6.45, 7) is -3.73. The van der Waals surface area contributed by atoms with Crippen LogP contribution in [0.25, 0.3) is 0 Å². The maximum atomic E-state index is 13.5. The molecule has 1 aliphatic heterocycles. The molecule has 1 fully saturated rings. The maximum Gasteiger partial charge on any atom is 0.387 e. The Morgan fingerprint density at radius 3 is 2.45 bits per heavy atom. The molecule has 268 valence electrons.